The van der Waals surface area contributed by atoms with E-state index in [0.717, 1.165) is 0 Å². The number of hydrogen-bond donors (Lipinski definition) is 0. The smallest absolute Gasteiger partial charge is 0.255 e. The minimum Gasteiger partial charge on any atom is -0.493 e. The first-order valence-corrected chi connectivity index (χ1v) is 9.96. The molecule has 1 aliphatic heterocycles. The second-order valence-electron chi connectivity index (χ2n) is 6.63. The number of amides is 2. The summed E-state index contributed by atoms with van der Waals surface area (Å²) in [7, 11) is 3.08. The van der Waals surface area contributed by atoms with Crippen LogP contribution in [0.5, 0.6) is 11.5 Å². The van der Waals surface area contributed by atoms with Crippen LogP contribution in [0.25, 0.3) is 0 Å². The molecule has 6 nitrogen and oxygen atoms in total. The third kappa shape index (κ3) is 4.77. The zero-order valence-corrected chi connectivity index (χ0v) is 17.8. The largest absolute Gasteiger partial charge is 0.493 e. The Balaban J connectivity index is 1.72. The van der Waals surface area contributed by atoms with Crippen LogP contribution in [0, 0.1) is 0 Å². The van der Waals surface area contributed by atoms with Gasteiger partial charge < -0.3 is 19.3 Å². The van der Waals surface area contributed by atoms with Crippen LogP contribution >= 0.6 is 23.2 Å². The van der Waals surface area contributed by atoms with Crippen molar-refractivity contribution in [2.45, 2.75) is 6.42 Å². The third-order valence-electron chi connectivity index (χ3n) is 4.86. The predicted molar refractivity (Wildman–Crippen MR) is 112 cm³/mol. The van der Waals surface area contributed by atoms with Gasteiger partial charge in [-0.25, -0.2) is 0 Å². The zero-order chi connectivity index (χ0) is 21.0. The van der Waals surface area contributed by atoms with E-state index < -0.39 is 0 Å². The monoisotopic (exact) mass is 436 g/mol. The van der Waals surface area contributed by atoms with Gasteiger partial charge in [0, 0.05) is 36.8 Å². The zero-order valence-electron chi connectivity index (χ0n) is 16.3. The molecule has 3 rings (SSSR count). The fourth-order valence-corrected chi connectivity index (χ4v) is 3.68. The quantitative estimate of drug-likeness (QED) is 0.726. The highest BCUT2D eigenvalue weighted by atomic mass is 35.5. The number of nitrogens with zero attached hydrogens (tertiary/aromatic N) is 2. The lowest BCUT2D eigenvalue weighted by atomic mass is 10.1. The molecule has 0 radical (unpaired) electrons. The van der Waals surface area contributed by atoms with Crippen molar-refractivity contribution in [1.29, 1.82) is 0 Å². The maximum atomic E-state index is 13.0. The summed E-state index contributed by atoms with van der Waals surface area (Å²) in [4.78, 5) is 29.3. The molecule has 8 heteroatoms. The lowest BCUT2D eigenvalue weighted by Gasteiger charge is -2.23. The van der Waals surface area contributed by atoms with Gasteiger partial charge in [0.25, 0.3) is 11.8 Å². The highest BCUT2D eigenvalue weighted by molar-refractivity contribution is 6.35. The van der Waals surface area contributed by atoms with Crippen molar-refractivity contribution < 1.29 is 19.1 Å². The van der Waals surface area contributed by atoms with Gasteiger partial charge in [-0.2, -0.15) is 0 Å². The van der Waals surface area contributed by atoms with E-state index in [1.165, 1.54) is 7.11 Å². The Morgan fingerprint density at radius 3 is 2.14 bits per heavy atom. The number of ether oxygens (including phenoxy) is 2. The minimum absolute atomic E-state index is 0.110. The summed E-state index contributed by atoms with van der Waals surface area (Å²) in [6, 6.07) is 9.92. The van der Waals surface area contributed by atoms with E-state index in [1.807, 2.05) is 0 Å². The fourth-order valence-electron chi connectivity index (χ4n) is 3.31. The van der Waals surface area contributed by atoms with Crippen molar-refractivity contribution >= 4 is 35.0 Å². The van der Waals surface area contributed by atoms with Crippen molar-refractivity contribution in [3.8, 4) is 11.5 Å². The predicted octanol–water partition coefficient (Wildman–Crippen LogP) is 4.00. The lowest BCUT2D eigenvalue weighted by molar-refractivity contribution is 0.0718. The van der Waals surface area contributed by atoms with Gasteiger partial charge in [0.15, 0.2) is 11.5 Å². The molecule has 1 heterocycles. The van der Waals surface area contributed by atoms with Crippen molar-refractivity contribution in [3.05, 3.63) is 57.6 Å². The number of hydrogen-bond acceptors (Lipinski definition) is 4. The van der Waals surface area contributed by atoms with E-state index in [-0.39, 0.29) is 11.8 Å². The molecule has 1 saturated heterocycles. The van der Waals surface area contributed by atoms with Crippen molar-refractivity contribution in [3.63, 3.8) is 0 Å². The number of halogens is 2. The molecule has 1 fully saturated rings. The number of methoxy groups -OCH3 is 2. The first kappa shape index (κ1) is 21.3. The minimum atomic E-state index is -0.182. The van der Waals surface area contributed by atoms with Crippen LogP contribution in [0.3, 0.4) is 0 Å². The summed E-state index contributed by atoms with van der Waals surface area (Å²) in [5.41, 5.74) is 0.888. The van der Waals surface area contributed by atoms with Gasteiger partial charge >= 0.3 is 0 Å². The van der Waals surface area contributed by atoms with Gasteiger partial charge in [0.1, 0.15) is 0 Å². The SMILES string of the molecule is COc1ccc(C(=O)N2CCCN(C(=O)c3cc(Cl)ccc3Cl)CC2)cc1OC. The van der Waals surface area contributed by atoms with Gasteiger partial charge in [0.2, 0.25) is 0 Å². The molecule has 2 amide bonds. The topological polar surface area (TPSA) is 59.1 Å². The second-order valence-corrected chi connectivity index (χ2v) is 7.48. The normalized spacial score (nSPS) is 14.3. The van der Waals surface area contributed by atoms with Gasteiger partial charge in [-0.1, -0.05) is 23.2 Å². The molecule has 0 aliphatic carbocycles. The molecule has 29 heavy (non-hydrogen) atoms. The van der Waals surface area contributed by atoms with Crippen LogP contribution < -0.4 is 9.47 Å². The molecule has 0 saturated carbocycles. The summed E-state index contributed by atoms with van der Waals surface area (Å²) in [6.45, 7) is 1.94. The van der Waals surface area contributed by atoms with Crippen LogP contribution in [-0.2, 0) is 0 Å². The summed E-state index contributed by atoms with van der Waals surface area (Å²) >= 11 is 12.2. The Hall–Kier alpha value is -2.44. The van der Waals surface area contributed by atoms with E-state index in [0.29, 0.717) is 65.3 Å². The van der Waals surface area contributed by atoms with Crippen LogP contribution in [-0.4, -0.2) is 62.0 Å². The maximum absolute atomic E-state index is 13.0. The summed E-state index contributed by atoms with van der Waals surface area (Å²) in [5, 5.41) is 0.819. The van der Waals surface area contributed by atoms with Crippen LogP contribution in [0.4, 0.5) is 0 Å². The highest BCUT2D eigenvalue weighted by Gasteiger charge is 2.25. The molecule has 0 bridgehead atoms. The number of carbonyl (C=O) groups is 2. The van der Waals surface area contributed by atoms with Gasteiger partial charge in [0.05, 0.1) is 24.8 Å². The van der Waals surface area contributed by atoms with Crippen molar-refractivity contribution in [2.75, 3.05) is 40.4 Å². The number of carbonyl (C=O) groups excluding carboxylic acids is 2. The Labute approximate surface area is 179 Å². The number of benzene rings is 2. The first-order chi connectivity index (χ1) is 13.9. The lowest BCUT2D eigenvalue weighted by Crippen LogP contribution is -2.37. The average Bonchev–Trinajstić information content (AvgIpc) is 3.00. The summed E-state index contributed by atoms with van der Waals surface area (Å²) in [6.07, 6.45) is 0.670. The van der Waals surface area contributed by atoms with E-state index in [1.54, 1.807) is 53.3 Å². The summed E-state index contributed by atoms with van der Waals surface area (Å²) in [5.74, 6) is 0.773. The Bertz CT molecular complexity index is 920. The van der Waals surface area contributed by atoms with Crippen molar-refractivity contribution in [2.24, 2.45) is 0 Å². The molecule has 0 unspecified atom stereocenters. The van der Waals surface area contributed by atoms with Gasteiger partial charge in [-0.3, -0.25) is 9.59 Å². The van der Waals surface area contributed by atoms with Gasteiger partial charge in [-0.15, -0.1) is 0 Å². The van der Waals surface area contributed by atoms with E-state index in [9.17, 15) is 9.59 Å². The first-order valence-electron chi connectivity index (χ1n) is 9.20. The molecular weight excluding hydrogens is 415 g/mol. The molecular formula is C21H22Cl2N2O4. The molecule has 2 aromatic rings. The van der Waals surface area contributed by atoms with Crippen LogP contribution in [0.2, 0.25) is 10.0 Å². The van der Waals surface area contributed by atoms with Crippen molar-refractivity contribution in [1.82, 2.24) is 9.80 Å². The molecule has 0 aromatic heterocycles. The Morgan fingerprint density at radius 1 is 0.828 bits per heavy atom. The van der Waals surface area contributed by atoms with E-state index >= 15 is 0 Å². The molecule has 0 spiro atoms. The standard InChI is InChI=1S/C21H22Cl2N2O4/c1-28-18-7-4-14(12-19(18)29-2)20(26)24-8-3-9-25(11-10-24)21(27)16-13-15(22)5-6-17(16)23/h4-7,12-13H,3,8-11H2,1-2H3. The van der Waals surface area contributed by atoms with Crippen LogP contribution in [0.15, 0.2) is 36.4 Å². The van der Waals surface area contributed by atoms with Gasteiger partial charge in [-0.05, 0) is 42.8 Å². The molecule has 2 aromatic carbocycles. The van der Waals surface area contributed by atoms with Crippen LogP contribution in [0.1, 0.15) is 27.1 Å². The fraction of sp³-hybridized carbons (Fsp3) is 0.333. The highest BCUT2D eigenvalue weighted by Crippen LogP contribution is 2.28. The second kappa shape index (κ2) is 9.37. The molecule has 0 atom stereocenters. The van der Waals surface area contributed by atoms with E-state index in [2.05, 4.69) is 0 Å². The molecule has 0 N–H and O–H groups in total. The number of rotatable bonds is 4. The molecule has 1 aliphatic rings. The average molecular weight is 437 g/mol. The Morgan fingerprint density at radius 2 is 1.48 bits per heavy atom. The third-order valence-corrected chi connectivity index (χ3v) is 5.42. The Kier molecular flexibility index (Phi) is 6.87. The molecule has 154 valence electrons. The summed E-state index contributed by atoms with van der Waals surface area (Å²) < 4.78 is 10.5. The van der Waals surface area contributed by atoms with E-state index in [4.69, 9.17) is 32.7 Å². The maximum Gasteiger partial charge on any atom is 0.255 e.